The highest BCUT2D eigenvalue weighted by atomic mass is 16.6. The third-order valence-corrected chi connectivity index (χ3v) is 2.96. The zero-order chi connectivity index (χ0) is 15.2. The molecule has 0 aromatic heterocycles. The second-order valence-electron chi connectivity index (χ2n) is 4.55. The van der Waals surface area contributed by atoms with Crippen molar-refractivity contribution in [1.29, 1.82) is 0 Å². The van der Waals surface area contributed by atoms with Crippen molar-refractivity contribution in [3.8, 4) is 0 Å². The molecular weight excluding hydrogens is 270 g/mol. The van der Waals surface area contributed by atoms with E-state index in [0.29, 0.717) is 17.8 Å². The Morgan fingerprint density at radius 1 is 1.19 bits per heavy atom. The number of rotatable bonds is 4. The molecule has 0 atom stereocenters. The zero-order valence-electron chi connectivity index (χ0n) is 11.5. The minimum absolute atomic E-state index is 0.00254. The van der Waals surface area contributed by atoms with Crippen LogP contribution in [0.15, 0.2) is 48.5 Å². The number of amides is 2. The van der Waals surface area contributed by atoms with E-state index in [0.717, 1.165) is 5.56 Å². The minimum atomic E-state index is -0.466. The highest BCUT2D eigenvalue weighted by molar-refractivity contribution is 5.90. The van der Waals surface area contributed by atoms with Gasteiger partial charge in [-0.15, -0.1) is 0 Å². The first-order chi connectivity index (χ1) is 10.1. The van der Waals surface area contributed by atoms with Gasteiger partial charge < -0.3 is 10.6 Å². The number of hydrogen-bond donors (Lipinski definition) is 2. The molecule has 0 saturated heterocycles. The number of urea groups is 1. The first-order valence-corrected chi connectivity index (χ1v) is 6.40. The van der Waals surface area contributed by atoms with Crippen LogP contribution in [0.1, 0.15) is 11.1 Å². The number of nitro benzene ring substituents is 1. The normalized spacial score (nSPS) is 9.95. The molecule has 108 valence electrons. The molecule has 2 aromatic rings. The number of benzene rings is 2. The molecule has 6 heteroatoms. The molecule has 2 rings (SSSR count). The number of hydrogen-bond acceptors (Lipinski definition) is 3. The van der Waals surface area contributed by atoms with Crippen molar-refractivity contribution in [3.05, 3.63) is 69.8 Å². The summed E-state index contributed by atoms with van der Waals surface area (Å²) in [6.45, 7) is 2.12. The SMILES string of the molecule is Cc1cc([N+](=O)[O-])ccc1NC(=O)NCc1ccccc1. The Labute approximate surface area is 121 Å². The second-order valence-corrected chi connectivity index (χ2v) is 4.55. The van der Waals surface area contributed by atoms with Gasteiger partial charge >= 0.3 is 6.03 Å². The highest BCUT2D eigenvalue weighted by Gasteiger charge is 2.09. The first-order valence-electron chi connectivity index (χ1n) is 6.40. The number of non-ortho nitro benzene ring substituents is 1. The van der Waals surface area contributed by atoms with Crippen LogP contribution in [0.4, 0.5) is 16.2 Å². The molecule has 0 aliphatic heterocycles. The lowest BCUT2D eigenvalue weighted by Crippen LogP contribution is -2.28. The standard InChI is InChI=1S/C15H15N3O3/c1-11-9-13(18(20)21)7-8-14(11)17-15(19)16-10-12-5-3-2-4-6-12/h2-9H,10H2,1H3,(H2,16,17,19). The number of nitro groups is 1. The smallest absolute Gasteiger partial charge is 0.319 e. The van der Waals surface area contributed by atoms with Crippen molar-refractivity contribution in [2.24, 2.45) is 0 Å². The van der Waals surface area contributed by atoms with E-state index < -0.39 is 4.92 Å². The summed E-state index contributed by atoms with van der Waals surface area (Å²) in [5, 5.41) is 16.1. The summed E-state index contributed by atoms with van der Waals surface area (Å²) in [6.07, 6.45) is 0. The Morgan fingerprint density at radius 3 is 2.52 bits per heavy atom. The zero-order valence-corrected chi connectivity index (χ0v) is 11.5. The highest BCUT2D eigenvalue weighted by Crippen LogP contribution is 2.20. The number of nitrogens with one attached hydrogen (secondary N) is 2. The van der Waals surface area contributed by atoms with Crippen LogP contribution >= 0.6 is 0 Å². The van der Waals surface area contributed by atoms with Gasteiger partial charge in [0.1, 0.15) is 0 Å². The van der Waals surface area contributed by atoms with Crippen LogP contribution in [-0.4, -0.2) is 11.0 Å². The largest absolute Gasteiger partial charge is 0.334 e. The third-order valence-electron chi connectivity index (χ3n) is 2.96. The van der Waals surface area contributed by atoms with Crippen LogP contribution < -0.4 is 10.6 Å². The topological polar surface area (TPSA) is 84.3 Å². The van der Waals surface area contributed by atoms with Crippen LogP contribution in [0.3, 0.4) is 0 Å². The Kier molecular flexibility index (Phi) is 4.50. The van der Waals surface area contributed by atoms with E-state index in [-0.39, 0.29) is 11.7 Å². The predicted octanol–water partition coefficient (Wildman–Crippen LogP) is 3.22. The number of anilines is 1. The maximum Gasteiger partial charge on any atom is 0.319 e. The molecule has 0 fully saturated rings. The summed E-state index contributed by atoms with van der Waals surface area (Å²) in [5.74, 6) is 0. The van der Waals surface area contributed by atoms with Gasteiger partial charge in [-0.2, -0.15) is 0 Å². The van der Waals surface area contributed by atoms with Crippen LogP contribution in [0.2, 0.25) is 0 Å². The molecule has 2 amide bonds. The molecule has 0 unspecified atom stereocenters. The van der Waals surface area contributed by atoms with Crippen molar-refractivity contribution < 1.29 is 9.72 Å². The van der Waals surface area contributed by atoms with Gasteiger partial charge in [0.05, 0.1) is 4.92 Å². The number of carbonyl (C=O) groups is 1. The van der Waals surface area contributed by atoms with Gasteiger partial charge in [-0.1, -0.05) is 30.3 Å². The third kappa shape index (κ3) is 4.04. The Balaban J connectivity index is 1.95. The molecule has 0 spiro atoms. The van der Waals surface area contributed by atoms with Gasteiger partial charge in [-0.3, -0.25) is 10.1 Å². The molecule has 0 bridgehead atoms. The summed E-state index contributed by atoms with van der Waals surface area (Å²) in [7, 11) is 0. The first kappa shape index (κ1) is 14.5. The van der Waals surface area contributed by atoms with Crippen LogP contribution in [0, 0.1) is 17.0 Å². The summed E-state index contributed by atoms with van der Waals surface area (Å²) < 4.78 is 0. The summed E-state index contributed by atoms with van der Waals surface area (Å²) in [5.41, 5.74) is 2.18. The Hall–Kier alpha value is -2.89. The van der Waals surface area contributed by atoms with E-state index in [2.05, 4.69) is 10.6 Å². The van der Waals surface area contributed by atoms with Crippen molar-refractivity contribution in [3.63, 3.8) is 0 Å². The fraction of sp³-hybridized carbons (Fsp3) is 0.133. The van der Waals surface area contributed by atoms with E-state index in [4.69, 9.17) is 0 Å². The van der Waals surface area contributed by atoms with E-state index in [9.17, 15) is 14.9 Å². The van der Waals surface area contributed by atoms with Gasteiger partial charge in [0, 0.05) is 24.4 Å². The van der Waals surface area contributed by atoms with Crippen molar-refractivity contribution >= 4 is 17.4 Å². The molecule has 2 aromatic carbocycles. The fourth-order valence-electron chi connectivity index (χ4n) is 1.85. The molecule has 0 aliphatic rings. The Bertz CT molecular complexity index is 656. The molecule has 21 heavy (non-hydrogen) atoms. The van der Waals surface area contributed by atoms with E-state index in [1.807, 2.05) is 30.3 Å². The second kappa shape index (κ2) is 6.51. The van der Waals surface area contributed by atoms with Crippen molar-refractivity contribution in [2.75, 3.05) is 5.32 Å². The lowest BCUT2D eigenvalue weighted by molar-refractivity contribution is -0.384. The number of nitrogens with zero attached hydrogens (tertiary/aromatic N) is 1. The lowest BCUT2D eigenvalue weighted by Gasteiger charge is -2.09. The minimum Gasteiger partial charge on any atom is -0.334 e. The predicted molar refractivity (Wildman–Crippen MR) is 80.1 cm³/mol. The van der Waals surface area contributed by atoms with Gasteiger partial charge in [0.25, 0.3) is 5.69 Å². The van der Waals surface area contributed by atoms with E-state index >= 15 is 0 Å². The van der Waals surface area contributed by atoms with Crippen molar-refractivity contribution in [2.45, 2.75) is 13.5 Å². The molecule has 0 saturated carbocycles. The number of carbonyl (C=O) groups excluding carboxylic acids is 1. The molecule has 6 nitrogen and oxygen atoms in total. The summed E-state index contributed by atoms with van der Waals surface area (Å²) in [6, 6.07) is 13.5. The van der Waals surface area contributed by atoms with Gasteiger partial charge in [0.15, 0.2) is 0 Å². The van der Waals surface area contributed by atoms with E-state index in [1.165, 1.54) is 18.2 Å². The van der Waals surface area contributed by atoms with Crippen LogP contribution in [-0.2, 0) is 6.54 Å². The van der Waals surface area contributed by atoms with Gasteiger partial charge in [0.2, 0.25) is 0 Å². The summed E-state index contributed by atoms with van der Waals surface area (Å²) >= 11 is 0. The maximum atomic E-state index is 11.8. The van der Waals surface area contributed by atoms with E-state index in [1.54, 1.807) is 6.92 Å². The number of aryl methyl sites for hydroxylation is 1. The lowest BCUT2D eigenvalue weighted by atomic mass is 10.2. The average Bonchev–Trinajstić information content (AvgIpc) is 2.48. The maximum absolute atomic E-state index is 11.8. The van der Waals surface area contributed by atoms with Gasteiger partial charge in [-0.25, -0.2) is 4.79 Å². The summed E-state index contributed by atoms with van der Waals surface area (Å²) in [4.78, 5) is 22.0. The molecule has 2 N–H and O–H groups in total. The fourth-order valence-corrected chi connectivity index (χ4v) is 1.85. The molecule has 0 aliphatic carbocycles. The molecule has 0 radical (unpaired) electrons. The Morgan fingerprint density at radius 2 is 1.90 bits per heavy atom. The van der Waals surface area contributed by atoms with Crippen LogP contribution in [0.5, 0.6) is 0 Å². The van der Waals surface area contributed by atoms with Crippen LogP contribution in [0.25, 0.3) is 0 Å². The van der Waals surface area contributed by atoms with Crippen molar-refractivity contribution in [1.82, 2.24) is 5.32 Å². The average molecular weight is 285 g/mol. The molecular formula is C15H15N3O3. The quantitative estimate of drug-likeness (QED) is 0.668. The monoisotopic (exact) mass is 285 g/mol. The van der Waals surface area contributed by atoms with Gasteiger partial charge in [-0.05, 0) is 24.1 Å². The molecule has 0 heterocycles.